The van der Waals surface area contributed by atoms with E-state index in [9.17, 15) is 22.8 Å². The van der Waals surface area contributed by atoms with Crippen LogP contribution in [0.25, 0.3) is 11.0 Å². The zero-order chi connectivity index (χ0) is 21.9. The molecular formula is C19H19N3O7S. The maximum Gasteiger partial charge on any atom is 0.338 e. The van der Waals surface area contributed by atoms with Crippen LogP contribution in [0.3, 0.4) is 0 Å². The summed E-state index contributed by atoms with van der Waals surface area (Å²) in [4.78, 5) is 40.5. The van der Waals surface area contributed by atoms with E-state index in [0.717, 1.165) is 0 Å². The Bertz CT molecular complexity index is 1240. The van der Waals surface area contributed by atoms with Gasteiger partial charge in [0.15, 0.2) is 0 Å². The average molecular weight is 433 g/mol. The first kappa shape index (κ1) is 21.1. The molecule has 3 rings (SSSR count). The first-order valence-electron chi connectivity index (χ1n) is 8.97. The number of hydrogen-bond acceptors (Lipinski definition) is 7. The SMILES string of the molecule is CCOC(=O)c1cc(NS(=O)(=O)c2ccc3[nH]c(=O)[nH]c3c2)cc(C(=O)OCC)c1. The normalized spacial score (nSPS) is 11.3. The van der Waals surface area contributed by atoms with Gasteiger partial charge in [0.05, 0.1) is 46.0 Å². The van der Waals surface area contributed by atoms with Gasteiger partial charge in [-0.05, 0) is 50.2 Å². The molecule has 0 unspecified atom stereocenters. The topological polar surface area (TPSA) is 147 Å². The molecule has 0 aliphatic heterocycles. The Morgan fingerprint density at radius 1 is 0.900 bits per heavy atom. The molecular weight excluding hydrogens is 414 g/mol. The van der Waals surface area contributed by atoms with Crippen LogP contribution in [0.2, 0.25) is 0 Å². The average Bonchev–Trinajstić information content (AvgIpc) is 3.07. The van der Waals surface area contributed by atoms with E-state index < -0.39 is 27.7 Å². The number of fused-ring (bicyclic) bond motifs is 1. The van der Waals surface area contributed by atoms with Gasteiger partial charge in [-0.25, -0.2) is 22.8 Å². The number of anilines is 1. The molecule has 0 fully saturated rings. The summed E-state index contributed by atoms with van der Waals surface area (Å²) in [5.41, 5.74) is 0.263. The molecule has 3 N–H and O–H groups in total. The summed E-state index contributed by atoms with van der Waals surface area (Å²) >= 11 is 0. The van der Waals surface area contributed by atoms with E-state index in [4.69, 9.17) is 9.47 Å². The number of carbonyl (C=O) groups is 2. The summed E-state index contributed by atoms with van der Waals surface area (Å²) in [5.74, 6) is -1.43. The second kappa shape index (κ2) is 8.41. The lowest BCUT2D eigenvalue weighted by atomic mass is 10.1. The number of hydrogen-bond donors (Lipinski definition) is 3. The highest BCUT2D eigenvalue weighted by molar-refractivity contribution is 7.92. The van der Waals surface area contributed by atoms with Crippen molar-refractivity contribution in [3.8, 4) is 0 Å². The number of nitrogens with one attached hydrogen (secondary N) is 3. The Morgan fingerprint density at radius 2 is 1.47 bits per heavy atom. The van der Waals surface area contributed by atoms with Crippen LogP contribution in [0, 0.1) is 0 Å². The fourth-order valence-electron chi connectivity index (χ4n) is 2.74. The van der Waals surface area contributed by atoms with E-state index in [0.29, 0.717) is 11.0 Å². The van der Waals surface area contributed by atoms with Crippen molar-refractivity contribution in [2.24, 2.45) is 0 Å². The number of benzene rings is 2. The highest BCUT2D eigenvalue weighted by Gasteiger charge is 2.20. The van der Waals surface area contributed by atoms with Gasteiger partial charge in [-0.15, -0.1) is 0 Å². The lowest BCUT2D eigenvalue weighted by Crippen LogP contribution is -2.15. The van der Waals surface area contributed by atoms with Crippen LogP contribution in [0.5, 0.6) is 0 Å². The van der Waals surface area contributed by atoms with Gasteiger partial charge >= 0.3 is 17.6 Å². The van der Waals surface area contributed by atoms with Gasteiger partial charge in [0.25, 0.3) is 10.0 Å². The minimum Gasteiger partial charge on any atom is -0.462 e. The van der Waals surface area contributed by atoms with Gasteiger partial charge in [-0.3, -0.25) is 4.72 Å². The Labute approximate surface area is 171 Å². The lowest BCUT2D eigenvalue weighted by molar-refractivity contribution is 0.0525. The van der Waals surface area contributed by atoms with Crippen LogP contribution in [0.4, 0.5) is 5.69 Å². The van der Waals surface area contributed by atoms with Crippen molar-refractivity contribution in [1.29, 1.82) is 0 Å². The van der Waals surface area contributed by atoms with E-state index in [1.807, 2.05) is 0 Å². The summed E-state index contributed by atoms with van der Waals surface area (Å²) < 4.78 is 37.9. The number of ether oxygens (including phenoxy) is 2. The van der Waals surface area contributed by atoms with Crippen molar-refractivity contribution >= 4 is 38.7 Å². The first-order valence-corrected chi connectivity index (χ1v) is 10.5. The Kier molecular flexibility index (Phi) is 5.92. The number of sulfonamides is 1. The smallest absolute Gasteiger partial charge is 0.338 e. The Balaban J connectivity index is 2.00. The third-order valence-corrected chi connectivity index (χ3v) is 5.38. The van der Waals surface area contributed by atoms with Crippen molar-refractivity contribution in [2.75, 3.05) is 17.9 Å². The molecule has 2 aromatic carbocycles. The number of rotatable bonds is 7. The molecule has 30 heavy (non-hydrogen) atoms. The first-order chi connectivity index (χ1) is 14.2. The molecule has 1 heterocycles. The van der Waals surface area contributed by atoms with Crippen LogP contribution < -0.4 is 10.4 Å². The van der Waals surface area contributed by atoms with Crippen molar-refractivity contribution in [3.63, 3.8) is 0 Å². The van der Waals surface area contributed by atoms with Gasteiger partial charge in [-0.2, -0.15) is 0 Å². The van der Waals surface area contributed by atoms with Crippen LogP contribution in [0.1, 0.15) is 34.6 Å². The van der Waals surface area contributed by atoms with Crippen molar-refractivity contribution in [2.45, 2.75) is 18.7 Å². The number of aromatic nitrogens is 2. The van der Waals surface area contributed by atoms with Crippen molar-refractivity contribution in [3.05, 3.63) is 58.0 Å². The van der Waals surface area contributed by atoms with E-state index >= 15 is 0 Å². The molecule has 158 valence electrons. The molecule has 0 bridgehead atoms. The summed E-state index contributed by atoms with van der Waals surface area (Å²) in [6.07, 6.45) is 0. The summed E-state index contributed by atoms with van der Waals surface area (Å²) in [6, 6.07) is 7.84. The largest absolute Gasteiger partial charge is 0.462 e. The number of H-pyrrole nitrogens is 2. The molecule has 11 heteroatoms. The molecule has 3 aromatic rings. The quantitative estimate of drug-likeness (QED) is 0.483. The maximum atomic E-state index is 12.8. The minimum absolute atomic E-state index is 0.00878. The highest BCUT2D eigenvalue weighted by atomic mass is 32.2. The van der Waals surface area contributed by atoms with Crippen molar-refractivity contribution < 1.29 is 27.5 Å². The summed E-state index contributed by atoms with van der Waals surface area (Å²) in [6.45, 7) is 3.47. The molecule has 1 aromatic heterocycles. The third-order valence-electron chi connectivity index (χ3n) is 4.01. The number of esters is 2. The Hall–Kier alpha value is -3.60. The van der Waals surface area contributed by atoms with Crippen molar-refractivity contribution in [1.82, 2.24) is 9.97 Å². The van der Waals surface area contributed by atoms with Gasteiger partial charge in [0.1, 0.15) is 0 Å². The monoisotopic (exact) mass is 433 g/mol. The fraction of sp³-hybridized carbons (Fsp3) is 0.211. The van der Waals surface area contributed by atoms with Gasteiger partial charge < -0.3 is 19.4 Å². The molecule has 10 nitrogen and oxygen atoms in total. The number of carbonyl (C=O) groups excluding carboxylic acids is 2. The van der Waals surface area contributed by atoms with Crippen LogP contribution in [-0.2, 0) is 19.5 Å². The van der Waals surface area contributed by atoms with E-state index in [1.165, 1.54) is 36.4 Å². The van der Waals surface area contributed by atoms with Crippen LogP contribution >= 0.6 is 0 Å². The molecule has 0 saturated carbocycles. The zero-order valence-corrected chi connectivity index (χ0v) is 17.0. The fourth-order valence-corrected chi connectivity index (χ4v) is 3.81. The second-order valence-electron chi connectivity index (χ2n) is 6.13. The van der Waals surface area contributed by atoms with Gasteiger partial charge in [0.2, 0.25) is 0 Å². The highest BCUT2D eigenvalue weighted by Crippen LogP contribution is 2.22. The molecule has 0 aliphatic carbocycles. The second-order valence-corrected chi connectivity index (χ2v) is 7.81. The molecule has 0 radical (unpaired) electrons. The predicted molar refractivity (Wildman–Crippen MR) is 108 cm³/mol. The predicted octanol–water partition coefficient (Wildman–Crippen LogP) is 2.01. The standard InChI is InChI=1S/C19H19N3O7S/c1-3-28-17(23)11-7-12(18(24)29-4-2)9-13(8-11)22-30(26,27)14-5-6-15-16(10-14)21-19(25)20-15/h5-10,22H,3-4H2,1-2H3,(H2,20,21,25). The molecule has 0 amide bonds. The Morgan fingerprint density at radius 3 is 2.03 bits per heavy atom. The molecule has 0 saturated heterocycles. The van der Waals surface area contributed by atoms with Gasteiger partial charge in [-0.1, -0.05) is 0 Å². The molecule has 0 aliphatic rings. The number of aromatic amines is 2. The van der Waals surface area contributed by atoms with Gasteiger partial charge in [0, 0.05) is 0 Å². The lowest BCUT2D eigenvalue weighted by Gasteiger charge is -2.12. The van der Waals surface area contributed by atoms with E-state index in [2.05, 4.69) is 14.7 Å². The van der Waals surface area contributed by atoms with E-state index in [-0.39, 0.29) is 34.9 Å². The summed E-state index contributed by atoms with van der Waals surface area (Å²) in [7, 11) is -4.10. The van der Waals surface area contributed by atoms with Crippen LogP contribution in [-0.4, -0.2) is 43.5 Å². The zero-order valence-electron chi connectivity index (χ0n) is 16.1. The maximum absolute atomic E-state index is 12.8. The third kappa shape index (κ3) is 4.51. The van der Waals surface area contributed by atoms with E-state index in [1.54, 1.807) is 13.8 Å². The molecule has 0 spiro atoms. The van der Waals surface area contributed by atoms with Crippen LogP contribution in [0.15, 0.2) is 46.1 Å². The summed E-state index contributed by atoms with van der Waals surface area (Å²) in [5, 5.41) is 0. The number of imidazole rings is 1. The minimum atomic E-state index is -4.10. The molecule has 0 atom stereocenters.